The molecule has 1 unspecified atom stereocenters. The predicted molar refractivity (Wildman–Crippen MR) is 88.5 cm³/mol. The zero-order valence-electron chi connectivity index (χ0n) is 13.4. The van der Waals surface area contributed by atoms with Gasteiger partial charge < -0.3 is 5.73 Å². The molecule has 0 fully saturated rings. The molecule has 0 spiro atoms. The number of carbonyl (C=O) groups is 1. The molecule has 1 aliphatic carbocycles. The fraction of sp³-hybridized carbons (Fsp3) is 0.632. The van der Waals surface area contributed by atoms with Gasteiger partial charge in [0.15, 0.2) is 0 Å². The standard InChI is InChI=1S/C19H29NO/c1-2-4-15(11-12-20)8-10-19(21)14-16-7-9-17-5-3-6-18(17)13-16/h7,9,13,15H,2-6,8,10-12,14,20H2,1H3. The maximum Gasteiger partial charge on any atom is 0.137 e. The molecule has 0 amide bonds. The van der Waals surface area contributed by atoms with Gasteiger partial charge >= 0.3 is 0 Å². The number of hydrogen-bond acceptors (Lipinski definition) is 2. The first-order valence-electron chi connectivity index (χ1n) is 8.55. The first-order valence-corrected chi connectivity index (χ1v) is 8.55. The predicted octanol–water partition coefficient (Wildman–Crippen LogP) is 3.83. The molecule has 0 saturated heterocycles. The van der Waals surface area contributed by atoms with Crippen LogP contribution in [0, 0.1) is 5.92 Å². The molecule has 1 atom stereocenters. The van der Waals surface area contributed by atoms with Crippen LogP contribution in [-0.4, -0.2) is 12.3 Å². The fourth-order valence-electron chi connectivity index (χ4n) is 3.49. The van der Waals surface area contributed by atoms with E-state index in [0.717, 1.165) is 19.4 Å². The van der Waals surface area contributed by atoms with E-state index in [0.29, 0.717) is 24.5 Å². The van der Waals surface area contributed by atoms with Crippen LogP contribution in [0.1, 0.15) is 62.1 Å². The molecule has 2 rings (SSSR count). The molecule has 2 heteroatoms. The number of Topliss-reactive ketones (excluding diaryl/α,β-unsaturated/α-hetero) is 1. The molecular weight excluding hydrogens is 258 g/mol. The smallest absolute Gasteiger partial charge is 0.137 e. The summed E-state index contributed by atoms with van der Waals surface area (Å²) in [5.74, 6) is 1.01. The van der Waals surface area contributed by atoms with Crippen molar-refractivity contribution in [3.63, 3.8) is 0 Å². The Labute approximate surface area is 129 Å². The van der Waals surface area contributed by atoms with Gasteiger partial charge in [-0.2, -0.15) is 0 Å². The normalized spacial score (nSPS) is 15.0. The van der Waals surface area contributed by atoms with E-state index >= 15 is 0 Å². The molecule has 0 aromatic heterocycles. The van der Waals surface area contributed by atoms with Crippen molar-refractivity contribution < 1.29 is 4.79 Å². The van der Waals surface area contributed by atoms with E-state index in [4.69, 9.17) is 5.73 Å². The van der Waals surface area contributed by atoms with Crippen LogP contribution in [0.5, 0.6) is 0 Å². The summed E-state index contributed by atoms with van der Waals surface area (Å²) in [4.78, 5) is 12.2. The molecule has 2 N–H and O–H groups in total. The summed E-state index contributed by atoms with van der Waals surface area (Å²) >= 11 is 0. The van der Waals surface area contributed by atoms with Crippen LogP contribution >= 0.6 is 0 Å². The number of rotatable bonds is 9. The molecule has 0 heterocycles. The molecule has 0 saturated carbocycles. The lowest BCUT2D eigenvalue weighted by Gasteiger charge is -2.14. The Morgan fingerprint density at radius 3 is 2.76 bits per heavy atom. The van der Waals surface area contributed by atoms with Crippen LogP contribution in [-0.2, 0) is 24.1 Å². The van der Waals surface area contributed by atoms with Gasteiger partial charge in [-0.1, -0.05) is 38.0 Å². The average molecular weight is 287 g/mol. The zero-order chi connectivity index (χ0) is 15.1. The van der Waals surface area contributed by atoms with Gasteiger partial charge in [-0.05, 0) is 61.3 Å². The van der Waals surface area contributed by atoms with Gasteiger partial charge in [0.1, 0.15) is 5.78 Å². The zero-order valence-corrected chi connectivity index (χ0v) is 13.4. The quantitative estimate of drug-likeness (QED) is 0.750. The average Bonchev–Trinajstić information content (AvgIpc) is 2.93. The molecule has 1 aliphatic rings. The van der Waals surface area contributed by atoms with Crippen LogP contribution < -0.4 is 5.73 Å². The SMILES string of the molecule is CCCC(CCN)CCC(=O)Cc1ccc2c(c1)CCC2. The Bertz CT molecular complexity index is 461. The van der Waals surface area contributed by atoms with E-state index < -0.39 is 0 Å². The van der Waals surface area contributed by atoms with Gasteiger partial charge in [-0.25, -0.2) is 0 Å². The van der Waals surface area contributed by atoms with Crippen LogP contribution in [0.3, 0.4) is 0 Å². The lowest BCUT2D eigenvalue weighted by atomic mass is 9.92. The Balaban J connectivity index is 1.81. The van der Waals surface area contributed by atoms with Crippen molar-refractivity contribution in [2.45, 2.75) is 64.7 Å². The van der Waals surface area contributed by atoms with Crippen LogP contribution in [0.25, 0.3) is 0 Å². The highest BCUT2D eigenvalue weighted by Crippen LogP contribution is 2.23. The van der Waals surface area contributed by atoms with E-state index in [9.17, 15) is 4.79 Å². The first kappa shape index (κ1) is 16.2. The van der Waals surface area contributed by atoms with Gasteiger partial charge in [0.25, 0.3) is 0 Å². The van der Waals surface area contributed by atoms with Crippen molar-refractivity contribution in [3.8, 4) is 0 Å². The minimum atomic E-state index is 0.381. The van der Waals surface area contributed by atoms with E-state index in [1.165, 1.54) is 48.8 Å². The third-order valence-electron chi connectivity index (χ3n) is 4.67. The maximum atomic E-state index is 12.2. The maximum absolute atomic E-state index is 12.2. The molecule has 2 nitrogen and oxygen atoms in total. The van der Waals surface area contributed by atoms with Crippen LogP contribution in [0.4, 0.5) is 0 Å². The third kappa shape index (κ3) is 4.96. The molecule has 0 radical (unpaired) electrons. The van der Waals surface area contributed by atoms with Gasteiger partial charge in [0.05, 0.1) is 0 Å². The Kier molecular flexibility index (Phi) is 6.44. The lowest BCUT2D eigenvalue weighted by Crippen LogP contribution is -2.12. The first-order chi connectivity index (χ1) is 10.2. The number of nitrogens with two attached hydrogens (primary N) is 1. The monoisotopic (exact) mass is 287 g/mol. The van der Waals surface area contributed by atoms with Crippen LogP contribution in [0.2, 0.25) is 0 Å². The number of ketones is 1. The topological polar surface area (TPSA) is 43.1 Å². The summed E-state index contributed by atoms with van der Waals surface area (Å²) in [5.41, 5.74) is 9.81. The lowest BCUT2D eigenvalue weighted by molar-refractivity contribution is -0.118. The molecule has 1 aromatic rings. The number of benzene rings is 1. The van der Waals surface area contributed by atoms with E-state index in [1.54, 1.807) is 0 Å². The number of carbonyl (C=O) groups excluding carboxylic acids is 1. The summed E-state index contributed by atoms with van der Waals surface area (Å²) in [7, 11) is 0. The molecule has 21 heavy (non-hydrogen) atoms. The van der Waals surface area contributed by atoms with Crippen molar-refractivity contribution in [3.05, 3.63) is 34.9 Å². The Morgan fingerprint density at radius 2 is 2.00 bits per heavy atom. The highest BCUT2D eigenvalue weighted by molar-refractivity contribution is 5.80. The van der Waals surface area contributed by atoms with E-state index in [-0.39, 0.29) is 0 Å². The highest BCUT2D eigenvalue weighted by Gasteiger charge is 2.13. The molecule has 0 bridgehead atoms. The van der Waals surface area contributed by atoms with Gasteiger partial charge in [0.2, 0.25) is 0 Å². The second-order valence-electron chi connectivity index (χ2n) is 6.44. The van der Waals surface area contributed by atoms with Gasteiger partial charge in [-0.3, -0.25) is 4.79 Å². The fourth-order valence-corrected chi connectivity index (χ4v) is 3.49. The number of hydrogen-bond donors (Lipinski definition) is 1. The van der Waals surface area contributed by atoms with Crippen LogP contribution in [0.15, 0.2) is 18.2 Å². The molecule has 0 aliphatic heterocycles. The molecule has 1 aromatic carbocycles. The van der Waals surface area contributed by atoms with Crippen molar-refractivity contribution in [1.82, 2.24) is 0 Å². The molecular formula is C19H29NO. The van der Waals surface area contributed by atoms with Gasteiger partial charge in [-0.15, -0.1) is 0 Å². The van der Waals surface area contributed by atoms with E-state index in [1.807, 2.05) is 0 Å². The summed E-state index contributed by atoms with van der Waals surface area (Å²) < 4.78 is 0. The highest BCUT2D eigenvalue weighted by atomic mass is 16.1. The minimum Gasteiger partial charge on any atom is -0.330 e. The third-order valence-corrected chi connectivity index (χ3v) is 4.67. The Hall–Kier alpha value is -1.15. The van der Waals surface area contributed by atoms with Crippen molar-refractivity contribution >= 4 is 5.78 Å². The summed E-state index contributed by atoms with van der Waals surface area (Å²) in [6, 6.07) is 6.62. The minimum absolute atomic E-state index is 0.381. The summed E-state index contributed by atoms with van der Waals surface area (Å²) in [6.45, 7) is 2.94. The number of aryl methyl sites for hydroxylation is 2. The summed E-state index contributed by atoms with van der Waals surface area (Å²) in [6.07, 6.45) is 9.43. The van der Waals surface area contributed by atoms with Crippen molar-refractivity contribution in [1.29, 1.82) is 0 Å². The number of fused-ring (bicyclic) bond motifs is 1. The van der Waals surface area contributed by atoms with E-state index in [2.05, 4.69) is 25.1 Å². The van der Waals surface area contributed by atoms with Gasteiger partial charge in [0, 0.05) is 12.8 Å². The molecule has 116 valence electrons. The second kappa shape index (κ2) is 8.33. The van der Waals surface area contributed by atoms with Crippen molar-refractivity contribution in [2.75, 3.05) is 6.54 Å². The Morgan fingerprint density at radius 1 is 1.19 bits per heavy atom. The largest absolute Gasteiger partial charge is 0.330 e. The second-order valence-corrected chi connectivity index (χ2v) is 6.44. The van der Waals surface area contributed by atoms with Crippen molar-refractivity contribution in [2.24, 2.45) is 11.7 Å². The summed E-state index contributed by atoms with van der Waals surface area (Å²) in [5, 5.41) is 0.